The summed E-state index contributed by atoms with van der Waals surface area (Å²) in [5, 5.41) is 13.3. The molecular formula is C11H14ClN7O. The van der Waals surface area contributed by atoms with Crippen LogP contribution in [0.4, 0.5) is 5.95 Å². The zero-order valence-electron chi connectivity index (χ0n) is 10.7. The van der Waals surface area contributed by atoms with Crippen LogP contribution in [-0.2, 0) is 0 Å². The number of aliphatic hydroxyl groups is 1. The van der Waals surface area contributed by atoms with Gasteiger partial charge in [-0.3, -0.25) is 0 Å². The number of aromatic nitrogens is 6. The highest BCUT2D eigenvalue weighted by Crippen LogP contribution is 2.21. The number of piperidine rings is 1. The second kappa shape index (κ2) is 5.68. The van der Waals surface area contributed by atoms with Crippen LogP contribution >= 0.6 is 11.6 Å². The van der Waals surface area contributed by atoms with E-state index in [0.717, 1.165) is 25.9 Å². The molecule has 20 heavy (non-hydrogen) atoms. The van der Waals surface area contributed by atoms with E-state index in [1.807, 2.05) is 4.90 Å². The van der Waals surface area contributed by atoms with E-state index in [4.69, 9.17) is 16.7 Å². The maximum Gasteiger partial charge on any atom is 0.258 e. The topological polar surface area (TPSA) is 92.8 Å². The van der Waals surface area contributed by atoms with Gasteiger partial charge in [-0.2, -0.15) is 24.7 Å². The number of nitrogens with zero attached hydrogens (tertiary/aromatic N) is 7. The number of rotatable bonds is 3. The highest BCUT2D eigenvalue weighted by atomic mass is 35.5. The Morgan fingerprint density at radius 2 is 1.95 bits per heavy atom. The Balaban J connectivity index is 1.83. The summed E-state index contributed by atoms with van der Waals surface area (Å²) < 4.78 is 1.44. The summed E-state index contributed by atoms with van der Waals surface area (Å²) in [5.74, 6) is 1.24. The normalized spacial score (nSPS) is 16.6. The molecule has 9 heteroatoms. The molecule has 2 aromatic rings. The van der Waals surface area contributed by atoms with Crippen molar-refractivity contribution in [1.29, 1.82) is 0 Å². The Hall–Kier alpha value is -1.80. The molecule has 1 fully saturated rings. The van der Waals surface area contributed by atoms with Gasteiger partial charge in [0.25, 0.3) is 5.95 Å². The first-order valence-corrected chi connectivity index (χ1v) is 6.76. The SMILES string of the molecule is OCC1CCN(c2nc(Cl)nc(-n3cncn3)n2)CC1. The van der Waals surface area contributed by atoms with E-state index in [2.05, 4.69) is 25.0 Å². The standard InChI is InChI=1S/C11H14ClN7O/c12-9-15-10(18-3-1-8(5-20)2-4-18)17-11(16-9)19-7-13-6-14-19/h6-8,20H,1-5H2. The molecule has 1 N–H and O–H groups in total. The maximum absolute atomic E-state index is 9.16. The van der Waals surface area contributed by atoms with Crippen molar-refractivity contribution in [1.82, 2.24) is 29.7 Å². The highest BCUT2D eigenvalue weighted by Gasteiger charge is 2.21. The molecule has 3 heterocycles. The Kier molecular flexibility index (Phi) is 3.75. The second-order valence-electron chi connectivity index (χ2n) is 4.66. The van der Waals surface area contributed by atoms with Crippen LogP contribution in [0.25, 0.3) is 5.95 Å². The van der Waals surface area contributed by atoms with Crippen LogP contribution in [0.2, 0.25) is 5.28 Å². The molecule has 106 valence electrons. The van der Waals surface area contributed by atoms with Gasteiger partial charge in [-0.15, -0.1) is 0 Å². The van der Waals surface area contributed by atoms with Gasteiger partial charge in [-0.25, -0.2) is 4.98 Å². The summed E-state index contributed by atoms with van der Waals surface area (Å²) >= 11 is 5.95. The molecule has 0 radical (unpaired) electrons. The van der Waals surface area contributed by atoms with Gasteiger partial charge < -0.3 is 10.0 Å². The average molecular weight is 296 g/mol. The van der Waals surface area contributed by atoms with Crippen molar-refractivity contribution in [3.63, 3.8) is 0 Å². The van der Waals surface area contributed by atoms with Gasteiger partial charge in [0, 0.05) is 19.7 Å². The molecular weight excluding hydrogens is 282 g/mol. The van der Waals surface area contributed by atoms with Crippen molar-refractivity contribution in [3.05, 3.63) is 17.9 Å². The third kappa shape index (κ3) is 2.70. The third-order valence-electron chi connectivity index (χ3n) is 3.36. The number of aliphatic hydroxyl groups excluding tert-OH is 1. The van der Waals surface area contributed by atoms with Crippen LogP contribution in [0.5, 0.6) is 0 Å². The van der Waals surface area contributed by atoms with Gasteiger partial charge in [0.05, 0.1) is 0 Å². The summed E-state index contributed by atoms with van der Waals surface area (Å²) in [4.78, 5) is 18.5. The monoisotopic (exact) mass is 295 g/mol. The number of halogens is 1. The molecule has 8 nitrogen and oxygen atoms in total. The zero-order chi connectivity index (χ0) is 13.9. The van der Waals surface area contributed by atoms with E-state index in [1.54, 1.807) is 0 Å². The maximum atomic E-state index is 9.16. The van der Waals surface area contributed by atoms with Crippen molar-refractivity contribution >= 4 is 17.5 Å². The lowest BCUT2D eigenvalue weighted by molar-refractivity contribution is 0.202. The Morgan fingerprint density at radius 3 is 2.60 bits per heavy atom. The minimum absolute atomic E-state index is 0.129. The van der Waals surface area contributed by atoms with E-state index >= 15 is 0 Å². The predicted octanol–water partition coefficient (Wildman–Crippen LogP) is 0.314. The van der Waals surface area contributed by atoms with Crippen LogP contribution in [0.15, 0.2) is 12.7 Å². The fourth-order valence-electron chi connectivity index (χ4n) is 2.20. The molecule has 0 unspecified atom stereocenters. The van der Waals surface area contributed by atoms with Gasteiger partial charge in [0.2, 0.25) is 11.2 Å². The molecule has 1 aliphatic heterocycles. The largest absolute Gasteiger partial charge is 0.396 e. The molecule has 1 aliphatic rings. The summed E-state index contributed by atoms with van der Waals surface area (Å²) in [6.45, 7) is 1.82. The summed E-state index contributed by atoms with van der Waals surface area (Å²) in [5.41, 5.74) is 0. The number of hydrogen-bond donors (Lipinski definition) is 1. The average Bonchev–Trinajstić information content (AvgIpc) is 3.01. The zero-order valence-corrected chi connectivity index (χ0v) is 11.5. The van der Waals surface area contributed by atoms with Crippen LogP contribution in [0, 0.1) is 5.92 Å². The quantitative estimate of drug-likeness (QED) is 0.871. The van der Waals surface area contributed by atoms with E-state index in [1.165, 1.54) is 17.3 Å². The second-order valence-corrected chi connectivity index (χ2v) is 5.00. The Bertz CT molecular complexity index is 568. The van der Waals surface area contributed by atoms with Crippen molar-refractivity contribution < 1.29 is 5.11 Å². The molecule has 0 amide bonds. The lowest BCUT2D eigenvalue weighted by Gasteiger charge is -2.31. The minimum Gasteiger partial charge on any atom is -0.396 e. The summed E-state index contributed by atoms with van der Waals surface area (Å²) in [7, 11) is 0. The first kappa shape index (κ1) is 13.2. The van der Waals surface area contributed by atoms with Crippen LogP contribution in [-0.4, -0.2) is 54.5 Å². The molecule has 0 spiro atoms. The molecule has 0 bridgehead atoms. The van der Waals surface area contributed by atoms with Gasteiger partial charge in [0.1, 0.15) is 12.7 Å². The molecule has 3 rings (SSSR count). The molecule has 1 saturated heterocycles. The first-order valence-electron chi connectivity index (χ1n) is 6.38. The van der Waals surface area contributed by atoms with Crippen molar-refractivity contribution in [2.45, 2.75) is 12.8 Å². The summed E-state index contributed by atoms with van der Waals surface area (Å²) in [6, 6.07) is 0. The smallest absolute Gasteiger partial charge is 0.258 e. The third-order valence-corrected chi connectivity index (χ3v) is 3.53. The van der Waals surface area contributed by atoms with Crippen LogP contribution in [0.1, 0.15) is 12.8 Å². The van der Waals surface area contributed by atoms with Gasteiger partial charge >= 0.3 is 0 Å². The first-order chi connectivity index (χ1) is 9.76. The Morgan fingerprint density at radius 1 is 1.20 bits per heavy atom. The molecule has 2 aromatic heterocycles. The number of anilines is 1. The van der Waals surface area contributed by atoms with Gasteiger partial charge in [0.15, 0.2) is 0 Å². The van der Waals surface area contributed by atoms with E-state index < -0.39 is 0 Å². The van der Waals surface area contributed by atoms with Crippen LogP contribution in [0.3, 0.4) is 0 Å². The molecule has 0 aliphatic carbocycles. The number of hydrogen-bond acceptors (Lipinski definition) is 7. The lowest BCUT2D eigenvalue weighted by atomic mass is 9.98. The fraction of sp³-hybridized carbons (Fsp3) is 0.545. The lowest BCUT2D eigenvalue weighted by Crippen LogP contribution is -2.36. The molecule has 0 atom stereocenters. The molecule has 0 aromatic carbocycles. The van der Waals surface area contributed by atoms with E-state index in [-0.39, 0.29) is 11.9 Å². The van der Waals surface area contributed by atoms with Crippen molar-refractivity contribution in [2.75, 3.05) is 24.6 Å². The van der Waals surface area contributed by atoms with Crippen molar-refractivity contribution in [2.24, 2.45) is 5.92 Å². The molecule has 0 saturated carbocycles. The van der Waals surface area contributed by atoms with Gasteiger partial charge in [-0.05, 0) is 30.4 Å². The highest BCUT2D eigenvalue weighted by molar-refractivity contribution is 6.28. The van der Waals surface area contributed by atoms with Crippen molar-refractivity contribution in [3.8, 4) is 5.95 Å². The minimum atomic E-state index is 0.129. The fourth-order valence-corrected chi connectivity index (χ4v) is 2.35. The van der Waals surface area contributed by atoms with E-state index in [9.17, 15) is 0 Å². The summed E-state index contributed by atoms with van der Waals surface area (Å²) in [6.07, 6.45) is 4.74. The predicted molar refractivity (Wildman–Crippen MR) is 71.8 cm³/mol. The van der Waals surface area contributed by atoms with Gasteiger partial charge in [-0.1, -0.05) is 0 Å². The van der Waals surface area contributed by atoms with Crippen LogP contribution < -0.4 is 4.90 Å². The van der Waals surface area contributed by atoms with E-state index in [0.29, 0.717) is 17.8 Å². The Labute approximate surface area is 120 Å².